The van der Waals surface area contributed by atoms with Crippen LogP contribution < -0.4 is 9.62 Å². The normalized spacial score (nSPS) is 18.8. The van der Waals surface area contributed by atoms with E-state index in [1.165, 1.54) is 12.1 Å². The molecule has 16 heteroatoms. The second-order valence-corrected chi connectivity index (χ2v) is 12.5. The van der Waals surface area contributed by atoms with Crippen molar-refractivity contribution in [1.82, 2.24) is 29.6 Å². The fourth-order valence-corrected chi connectivity index (χ4v) is 6.74. The largest absolute Gasteiger partial charge is 0.367 e. The first-order valence-corrected chi connectivity index (χ1v) is 14.5. The fourth-order valence-electron chi connectivity index (χ4n) is 4.66. The molecule has 1 N–H and O–H groups in total. The van der Waals surface area contributed by atoms with Gasteiger partial charge in [0.15, 0.2) is 10.7 Å². The molecular formula is C23H21F2N9O3S2. The number of hydrogen-bond acceptors (Lipinski definition) is 10. The van der Waals surface area contributed by atoms with Crippen molar-refractivity contribution in [2.24, 2.45) is 5.92 Å². The topological polar surface area (TPSA) is 161 Å². The molecule has 12 nitrogen and oxygen atoms in total. The highest BCUT2D eigenvalue weighted by molar-refractivity contribution is 7.89. The number of fused-ring (bicyclic) bond motifs is 1. The summed E-state index contributed by atoms with van der Waals surface area (Å²) < 4.78 is 56.9. The third-order valence-electron chi connectivity index (χ3n) is 7.10. The van der Waals surface area contributed by atoms with Crippen LogP contribution in [0.1, 0.15) is 42.8 Å². The molecule has 1 amide bonds. The third-order valence-corrected chi connectivity index (χ3v) is 9.52. The number of nitriles is 2. The van der Waals surface area contributed by atoms with E-state index < -0.39 is 27.0 Å². The number of nitrogens with one attached hydrogen (secondary N) is 1. The number of carbonyl (C=O) groups is 1. The van der Waals surface area contributed by atoms with Gasteiger partial charge in [-0.1, -0.05) is 11.3 Å². The molecule has 6 rings (SSSR count). The van der Waals surface area contributed by atoms with E-state index in [0.29, 0.717) is 61.4 Å². The van der Waals surface area contributed by atoms with Crippen LogP contribution in [0.5, 0.6) is 0 Å². The maximum absolute atomic E-state index is 13.4. The van der Waals surface area contributed by atoms with Gasteiger partial charge in [-0.3, -0.25) is 4.79 Å². The molecule has 2 aliphatic carbocycles. The SMILES string of the molecule is N#Cc1nn(-c2nnc(C(F)F)s2)c2cc(S(=O)(=O)NC3(C#N)CC3)cc(N3CCN(C(=O)C4CC4)CC3)c12. The molecule has 3 aromatic rings. The van der Waals surface area contributed by atoms with Crippen molar-refractivity contribution < 1.29 is 22.0 Å². The predicted octanol–water partition coefficient (Wildman–Crippen LogP) is 2.08. The monoisotopic (exact) mass is 573 g/mol. The average Bonchev–Trinajstić information content (AvgIpc) is 3.83. The number of amides is 1. The van der Waals surface area contributed by atoms with Gasteiger partial charge in [0.2, 0.25) is 21.1 Å². The molecule has 39 heavy (non-hydrogen) atoms. The van der Waals surface area contributed by atoms with Gasteiger partial charge in [0, 0.05) is 32.1 Å². The first-order chi connectivity index (χ1) is 18.6. The number of anilines is 1. The van der Waals surface area contributed by atoms with Crippen LogP contribution >= 0.6 is 11.3 Å². The van der Waals surface area contributed by atoms with Crippen molar-refractivity contribution in [3.8, 4) is 17.3 Å². The lowest BCUT2D eigenvalue weighted by atomic mass is 10.1. The Morgan fingerprint density at radius 2 is 1.87 bits per heavy atom. The van der Waals surface area contributed by atoms with Crippen LogP contribution in [-0.2, 0) is 14.8 Å². The van der Waals surface area contributed by atoms with E-state index in [2.05, 4.69) is 20.0 Å². The number of rotatable bonds is 7. The van der Waals surface area contributed by atoms with Crippen molar-refractivity contribution in [3.05, 3.63) is 22.8 Å². The molecule has 3 fully saturated rings. The van der Waals surface area contributed by atoms with Crippen molar-refractivity contribution >= 4 is 43.9 Å². The first-order valence-electron chi connectivity index (χ1n) is 12.2. The van der Waals surface area contributed by atoms with Crippen LogP contribution in [0.3, 0.4) is 0 Å². The summed E-state index contributed by atoms with van der Waals surface area (Å²) in [5.41, 5.74) is -0.654. The zero-order valence-electron chi connectivity index (χ0n) is 20.3. The highest BCUT2D eigenvalue weighted by Gasteiger charge is 2.47. The Balaban J connectivity index is 1.47. The minimum Gasteiger partial charge on any atom is -0.367 e. The molecular weight excluding hydrogens is 552 g/mol. The molecule has 3 heterocycles. The third kappa shape index (κ3) is 4.58. The van der Waals surface area contributed by atoms with Gasteiger partial charge >= 0.3 is 0 Å². The summed E-state index contributed by atoms with van der Waals surface area (Å²) in [4.78, 5) is 16.0. The van der Waals surface area contributed by atoms with Gasteiger partial charge in [0.1, 0.15) is 11.6 Å². The number of halogens is 2. The van der Waals surface area contributed by atoms with E-state index in [1.807, 2.05) is 17.0 Å². The molecule has 0 spiro atoms. The number of alkyl halides is 2. The predicted molar refractivity (Wildman–Crippen MR) is 134 cm³/mol. The van der Waals surface area contributed by atoms with Crippen LogP contribution in [0.4, 0.5) is 14.5 Å². The number of carbonyl (C=O) groups excluding carboxylic acids is 1. The lowest BCUT2D eigenvalue weighted by Gasteiger charge is -2.36. The second-order valence-electron chi connectivity index (χ2n) is 9.82. The zero-order valence-corrected chi connectivity index (χ0v) is 22.0. The Hall–Kier alpha value is -3.73. The Labute approximate surface area is 225 Å². The van der Waals surface area contributed by atoms with Gasteiger partial charge in [0.05, 0.1) is 27.6 Å². The quantitative estimate of drug-likeness (QED) is 0.446. The maximum Gasteiger partial charge on any atom is 0.291 e. The van der Waals surface area contributed by atoms with Crippen LogP contribution in [0.15, 0.2) is 17.0 Å². The number of aromatic nitrogens is 4. The molecule has 202 valence electrons. The van der Waals surface area contributed by atoms with Gasteiger partial charge in [-0.25, -0.2) is 21.9 Å². The number of piperazine rings is 1. The maximum atomic E-state index is 13.4. The van der Waals surface area contributed by atoms with E-state index in [-0.39, 0.29) is 33.1 Å². The van der Waals surface area contributed by atoms with Gasteiger partial charge in [-0.15, -0.1) is 10.2 Å². The van der Waals surface area contributed by atoms with Crippen LogP contribution in [-0.4, -0.2) is 70.9 Å². The second kappa shape index (κ2) is 9.18. The number of benzene rings is 1. The van der Waals surface area contributed by atoms with Gasteiger partial charge in [-0.2, -0.15) is 20.3 Å². The molecule has 2 aromatic heterocycles. The van der Waals surface area contributed by atoms with Crippen LogP contribution in [0, 0.1) is 28.6 Å². The molecule has 1 aliphatic heterocycles. The summed E-state index contributed by atoms with van der Waals surface area (Å²) in [5, 5.41) is 30.6. The minimum atomic E-state index is -4.19. The summed E-state index contributed by atoms with van der Waals surface area (Å²) in [6.45, 7) is 1.62. The first kappa shape index (κ1) is 25.5. The molecule has 1 aromatic carbocycles. The van der Waals surface area contributed by atoms with E-state index in [9.17, 15) is 32.5 Å². The van der Waals surface area contributed by atoms with Crippen molar-refractivity contribution in [1.29, 1.82) is 10.5 Å². The summed E-state index contributed by atoms with van der Waals surface area (Å²) >= 11 is 0.576. The van der Waals surface area contributed by atoms with Crippen molar-refractivity contribution in [3.63, 3.8) is 0 Å². The Morgan fingerprint density at radius 3 is 2.44 bits per heavy atom. The Kier molecular flexibility index (Phi) is 6.01. The highest BCUT2D eigenvalue weighted by atomic mass is 32.2. The van der Waals surface area contributed by atoms with Crippen molar-refractivity contribution in [2.45, 2.75) is 42.5 Å². The van der Waals surface area contributed by atoms with E-state index in [1.54, 1.807) is 4.90 Å². The molecule has 0 radical (unpaired) electrons. The lowest BCUT2D eigenvalue weighted by Crippen LogP contribution is -2.49. The Morgan fingerprint density at radius 1 is 1.15 bits per heavy atom. The summed E-state index contributed by atoms with van der Waals surface area (Å²) in [6, 6.07) is 6.73. The van der Waals surface area contributed by atoms with Crippen LogP contribution in [0.2, 0.25) is 0 Å². The lowest BCUT2D eigenvalue weighted by molar-refractivity contribution is -0.132. The van der Waals surface area contributed by atoms with Gasteiger partial charge in [-0.05, 0) is 37.8 Å². The van der Waals surface area contributed by atoms with E-state index >= 15 is 0 Å². The van der Waals surface area contributed by atoms with E-state index in [4.69, 9.17) is 0 Å². The summed E-state index contributed by atoms with van der Waals surface area (Å²) in [6.07, 6.45) is -0.320. The van der Waals surface area contributed by atoms with Crippen molar-refractivity contribution in [2.75, 3.05) is 31.1 Å². The Bertz CT molecular complexity index is 1670. The average molecular weight is 574 g/mol. The molecule has 1 saturated heterocycles. The molecule has 0 bridgehead atoms. The number of hydrogen-bond donors (Lipinski definition) is 1. The van der Waals surface area contributed by atoms with Crippen LogP contribution in [0.25, 0.3) is 16.0 Å². The molecule has 3 aliphatic rings. The highest BCUT2D eigenvalue weighted by Crippen LogP contribution is 2.39. The fraction of sp³-hybridized carbons (Fsp3) is 0.478. The molecule has 2 saturated carbocycles. The minimum absolute atomic E-state index is 0.0436. The molecule has 0 atom stereocenters. The zero-order chi connectivity index (χ0) is 27.5. The standard InChI is InChI=1S/C23H21F2N9O3S2/c24-19(25)20-28-29-22(38-20)34-17-10-14(39(36,37)31-23(12-27)3-4-23)9-16(18(17)15(11-26)30-34)32-5-7-33(8-6-32)21(35)13-1-2-13/h9-10,13,19,31H,1-8H2. The van der Waals surface area contributed by atoms with Gasteiger partial charge in [0.25, 0.3) is 6.43 Å². The summed E-state index contributed by atoms with van der Waals surface area (Å²) in [7, 11) is -4.19. The van der Waals surface area contributed by atoms with Gasteiger partial charge < -0.3 is 9.80 Å². The molecule has 0 unspecified atom stereocenters. The number of sulfonamides is 1. The smallest absolute Gasteiger partial charge is 0.291 e. The summed E-state index contributed by atoms with van der Waals surface area (Å²) in [5.74, 6) is 0.189. The van der Waals surface area contributed by atoms with E-state index in [0.717, 1.165) is 17.5 Å². The number of nitrogens with zero attached hydrogens (tertiary/aromatic N) is 8.